The molecule has 1 saturated heterocycles. The number of benzene rings is 1. The van der Waals surface area contributed by atoms with E-state index in [1.165, 1.54) is 0 Å². The van der Waals surface area contributed by atoms with Crippen LogP contribution in [0.25, 0.3) is 0 Å². The summed E-state index contributed by atoms with van der Waals surface area (Å²) in [5.41, 5.74) is 6.15. The molecule has 0 spiro atoms. The number of primary amides is 1. The van der Waals surface area contributed by atoms with E-state index in [0.717, 1.165) is 5.56 Å². The second-order valence-electron chi connectivity index (χ2n) is 4.28. The third-order valence-corrected chi connectivity index (χ3v) is 2.87. The summed E-state index contributed by atoms with van der Waals surface area (Å²) in [4.78, 5) is 24.6. The second-order valence-corrected chi connectivity index (χ2v) is 4.28. The van der Waals surface area contributed by atoms with Crippen LogP contribution < -0.4 is 5.73 Å². The van der Waals surface area contributed by atoms with Crippen LogP contribution in [0.1, 0.15) is 12.0 Å². The molecule has 0 radical (unpaired) electrons. The van der Waals surface area contributed by atoms with E-state index < -0.39 is 12.0 Å². The summed E-state index contributed by atoms with van der Waals surface area (Å²) in [6.07, 6.45) is -0.774. The van der Waals surface area contributed by atoms with Crippen molar-refractivity contribution in [2.24, 2.45) is 5.73 Å². The van der Waals surface area contributed by atoms with E-state index in [1.54, 1.807) is 4.90 Å². The Hall–Kier alpha value is -1.88. The van der Waals surface area contributed by atoms with Crippen molar-refractivity contribution in [2.75, 3.05) is 13.2 Å². The molecule has 0 bridgehead atoms. The van der Waals surface area contributed by atoms with Gasteiger partial charge in [-0.05, 0) is 5.56 Å². The van der Waals surface area contributed by atoms with Crippen LogP contribution in [0.15, 0.2) is 30.3 Å². The fourth-order valence-electron chi connectivity index (χ4n) is 1.98. The number of hydrogen-bond donors (Lipinski definition) is 1. The number of rotatable bonds is 4. The summed E-state index contributed by atoms with van der Waals surface area (Å²) in [7, 11) is 0. The number of nitrogens with zero attached hydrogens (tertiary/aromatic N) is 1. The maximum Gasteiger partial charge on any atom is 0.252 e. The molecule has 2 rings (SSSR count). The zero-order valence-corrected chi connectivity index (χ0v) is 10.0. The molecule has 0 aromatic heterocycles. The highest BCUT2D eigenvalue weighted by Crippen LogP contribution is 2.13. The van der Waals surface area contributed by atoms with Crippen molar-refractivity contribution >= 4 is 11.8 Å². The Morgan fingerprint density at radius 1 is 1.39 bits per heavy atom. The lowest BCUT2D eigenvalue weighted by atomic mass is 10.1. The third kappa shape index (κ3) is 3.07. The molecule has 18 heavy (non-hydrogen) atoms. The van der Waals surface area contributed by atoms with Crippen molar-refractivity contribution in [2.45, 2.75) is 19.1 Å². The van der Waals surface area contributed by atoms with Gasteiger partial charge in [-0.1, -0.05) is 30.3 Å². The molecule has 5 heteroatoms. The van der Waals surface area contributed by atoms with Gasteiger partial charge in [0.2, 0.25) is 5.91 Å². The quantitative estimate of drug-likeness (QED) is 0.832. The van der Waals surface area contributed by atoms with Crippen molar-refractivity contribution in [3.63, 3.8) is 0 Å². The zero-order valence-electron chi connectivity index (χ0n) is 10.0. The van der Waals surface area contributed by atoms with Gasteiger partial charge in [-0.3, -0.25) is 9.59 Å². The zero-order chi connectivity index (χ0) is 13.0. The van der Waals surface area contributed by atoms with E-state index in [1.807, 2.05) is 30.3 Å². The van der Waals surface area contributed by atoms with Gasteiger partial charge in [-0.2, -0.15) is 0 Å². The molecule has 1 unspecified atom stereocenters. The summed E-state index contributed by atoms with van der Waals surface area (Å²) < 4.78 is 5.28. The Balaban J connectivity index is 2.00. The molecule has 0 saturated carbocycles. The highest BCUT2D eigenvalue weighted by atomic mass is 16.5. The van der Waals surface area contributed by atoms with Crippen LogP contribution in [0.3, 0.4) is 0 Å². The molecule has 1 aromatic carbocycles. The molecule has 5 nitrogen and oxygen atoms in total. The fourth-order valence-corrected chi connectivity index (χ4v) is 1.98. The largest absolute Gasteiger partial charge is 0.370 e. The highest BCUT2D eigenvalue weighted by molar-refractivity contribution is 5.87. The topological polar surface area (TPSA) is 72.6 Å². The van der Waals surface area contributed by atoms with E-state index in [2.05, 4.69) is 0 Å². The van der Waals surface area contributed by atoms with Gasteiger partial charge in [0.25, 0.3) is 5.91 Å². The summed E-state index contributed by atoms with van der Waals surface area (Å²) in [6.45, 7) is 1.53. The summed E-state index contributed by atoms with van der Waals surface area (Å²) in [6, 6.07) is 9.72. The van der Waals surface area contributed by atoms with Crippen molar-refractivity contribution in [1.29, 1.82) is 0 Å². The monoisotopic (exact) mass is 248 g/mol. The molecule has 1 aromatic rings. The SMILES string of the molecule is NC(=O)CC1OCCN(Cc2ccccc2)C1=O. The van der Waals surface area contributed by atoms with Crippen molar-refractivity contribution in [3.8, 4) is 0 Å². The van der Waals surface area contributed by atoms with E-state index in [-0.39, 0.29) is 12.3 Å². The maximum atomic E-state index is 12.1. The average molecular weight is 248 g/mol. The van der Waals surface area contributed by atoms with Crippen LogP contribution in [-0.4, -0.2) is 36.0 Å². The van der Waals surface area contributed by atoms with Crippen LogP contribution in [0, 0.1) is 0 Å². The molecule has 1 heterocycles. The number of carbonyl (C=O) groups excluding carboxylic acids is 2. The molecule has 2 amide bonds. The summed E-state index contributed by atoms with van der Waals surface area (Å²) in [5, 5.41) is 0. The Morgan fingerprint density at radius 3 is 2.78 bits per heavy atom. The van der Waals surface area contributed by atoms with Crippen LogP contribution in [0.2, 0.25) is 0 Å². The first-order chi connectivity index (χ1) is 8.66. The predicted octanol–water partition coefficient (Wildman–Crippen LogP) is 0.289. The van der Waals surface area contributed by atoms with Crippen LogP contribution in [0.5, 0.6) is 0 Å². The molecule has 1 fully saturated rings. The molecular formula is C13H16N2O3. The fraction of sp³-hybridized carbons (Fsp3) is 0.385. The first-order valence-electron chi connectivity index (χ1n) is 5.89. The predicted molar refractivity (Wildman–Crippen MR) is 65.4 cm³/mol. The van der Waals surface area contributed by atoms with E-state index in [9.17, 15) is 9.59 Å². The molecule has 1 aliphatic rings. The minimum absolute atomic E-state index is 0.0515. The van der Waals surface area contributed by atoms with Crippen molar-refractivity contribution in [3.05, 3.63) is 35.9 Å². The van der Waals surface area contributed by atoms with Crippen molar-refractivity contribution < 1.29 is 14.3 Å². The lowest BCUT2D eigenvalue weighted by Crippen LogP contribution is -2.48. The lowest BCUT2D eigenvalue weighted by molar-refractivity contribution is -0.156. The first kappa shape index (κ1) is 12.6. The van der Waals surface area contributed by atoms with Gasteiger partial charge in [0.1, 0.15) is 6.10 Å². The van der Waals surface area contributed by atoms with Crippen LogP contribution >= 0.6 is 0 Å². The standard InChI is InChI=1S/C13H16N2O3/c14-12(16)8-11-13(17)15(6-7-18-11)9-10-4-2-1-3-5-10/h1-5,11H,6-9H2,(H2,14,16). The molecule has 96 valence electrons. The van der Waals surface area contributed by atoms with E-state index >= 15 is 0 Å². The van der Waals surface area contributed by atoms with Gasteiger partial charge in [-0.15, -0.1) is 0 Å². The number of ether oxygens (including phenoxy) is 1. The Kier molecular flexibility index (Phi) is 3.94. The van der Waals surface area contributed by atoms with Gasteiger partial charge >= 0.3 is 0 Å². The molecular weight excluding hydrogens is 232 g/mol. The number of amides is 2. The average Bonchev–Trinajstić information content (AvgIpc) is 2.35. The third-order valence-electron chi connectivity index (χ3n) is 2.87. The Bertz CT molecular complexity index is 433. The molecule has 1 aliphatic heterocycles. The number of morpholine rings is 1. The minimum Gasteiger partial charge on any atom is -0.370 e. The number of hydrogen-bond acceptors (Lipinski definition) is 3. The highest BCUT2D eigenvalue weighted by Gasteiger charge is 2.30. The number of nitrogens with two attached hydrogens (primary N) is 1. The minimum atomic E-state index is -0.722. The lowest BCUT2D eigenvalue weighted by Gasteiger charge is -2.32. The number of carbonyl (C=O) groups is 2. The van der Waals surface area contributed by atoms with E-state index in [4.69, 9.17) is 10.5 Å². The molecule has 0 aliphatic carbocycles. The summed E-state index contributed by atoms with van der Waals surface area (Å²) in [5.74, 6) is -0.682. The maximum absolute atomic E-state index is 12.1. The van der Waals surface area contributed by atoms with E-state index in [0.29, 0.717) is 19.7 Å². The van der Waals surface area contributed by atoms with Crippen LogP contribution in [0.4, 0.5) is 0 Å². The van der Waals surface area contributed by atoms with Crippen molar-refractivity contribution in [1.82, 2.24) is 4.90 Å². The van der Waals surface area contributed by atoms with Gasteiger partial charge in [0.15, 0.2) is 0 Å². The smallest absolute Gasteiger partial charge is 0.252 e. The molecule has 1 atom stereocenters. The first-order valence-corrected chi connectivity index (χ1v) is 5.89. The van der Waals surface area contributed by atoms with Gasteiger partial charge in [-0.25, -0.2) is 0 Å². The molecule has 2 N–H and O–H groups in total. The Labute approximate surface area is 106 Å². The summed E-state index contributed by atoms with van der Waals surface area (Å²) >= 11 is 0. The van der Waals surface area contributed by atoms with Gasteiger partial charge < -0.3 is 15.4 Å². The normalized spacial score (nSPS) is 19.9. The second kappa shape index (κ2) is 5.64. The van der Waals surface area contributed by atoms with Gasteiger partial charge in [0, 0.05) is 13.1 Å². The Morgan fingerprint density at radius 2 is 2.11 bits per heavy atom. The van der Waals surface area contributed by atoms with Gasteiger partial charge in [0.05, 0.1) is 13.0 Å². The van der Waals surface area contributed by atoms with Crippen LogP contribution in [-0.2, 0) is 20.9 Å².